The Kier molecular flexibility index (Phi) is 6.37. The highest BCUT2D eigenvalue weighted by Gasteiger charge is 2.33. The minimum Gasteiger partial charge on any atom is -0.494 e. The summed E-state index contributed by atoms with van der Waals surface area (Å²) in [6.07, 6.45) is 1.41. The number of methoxy groups -OCH3 is 1. The quantitative estimate of drug-likeness (QED) is 0.511. The molecule has 0 fully saturated rings. The van der Waals surface area contributed by atoms with Gasteiger partial charge < -0.3 is 24.7 Å². The molecule has 1 atom stereocenters. The molecule has 0 bridgehead atoms. The Labute approximate surface area is 190 Å². The summed E-state index contributed by atoms with van der Waals surface area (Å²) in [7, 11) is 4.70. The molecule has 0 aliphatic heterocycles. The molecular formula is C23H26ClN3O5. The Morgan fingerprint density at radius 1 is 1.16 bits per heavy atom. The van der Waals surface area contributed by atoms with Crippen molar-refractivity contribution in [3.63, 3.8) is 0 Å². The minimum absolute atomic E-state index is 0.0923. The van der Waals surface area contributed by atoms with Gasteiger partial charge in [0.05, 0.1) is 29.4 Å². The highest BCUT2D eigenvalue weighted by molar-refractivity contribution is 6.30. The molecule has 0 radical (unpaired) electrons. The standard InChI is InChI=1S/C23H26ClN3O5/c1-23(2,3)21(15-10-12(24)11-32-15)26-17-16(18(28)19(17)29)25-14-9-7-8-13(20(14)31-6)22(30)27(4)5/h7-11,21,25-26H,1-6H3/t21-/m0/s1. The molecule has 1 heterocycles. The Morgan fingerprint density at radius 3 is 2.34 bits per heavy atom. The summed E-state index contributed by atoms with van der Waals surface area (Å²) < 4.78 is 11.0. The van der Waals surface area contributed by atoms with Gasteiger partial charge in [-0.25, -0.2) is 0 Å². The summed E-state index contributed by atoms with van der Waals surface area (Å²) in [5.74, 6) is 0.560. The number of rotatable bonds is 7. The van der Waals surface area contributed by atoms with Gasteiger partial charge in [-0.1, -0.05) is 38.4 Å². The van der Waals surface area contributed by atoms with E-state index in [4.69, 9.17) is 20.8 Å². The first-order chi connectivity index (χ1) is 15.0. The van der Waals surface area contributed by atoms with E-state index in [-0.39, 0.29) is 28.4 Å². The summed E-state index contributed by atoms with van der Waals surface area (Å²) in [5.41, 5.74) is -0.725. The molecule has 8 nitrogen and oxygen atoms in total. The van der Waals surface area contributed by atoms with E-state index in [1.54, 1.807) is 38.4 Å². The van der Waals surface area contributed by atoms with E-state index in [2.05, 4.69) is 10.6 Å². The van der Waals surface area contributed by atoms with Crippen LogP contribution in [-0.2, 0) is 0 Å². The molecule has 1 aromatic heterocycles. The van der Waals surface area contributed by atoms with Crippen LogP contribution >= 0.6 is 11.6 Å². The van der Waals surface area contributed by atoms with Gasteiger partial charge in [-0.15, -0.1) is 0 Å². The third-order valence-electron chi connectivity index (χ3n) is 5.05. The smallest absolute Gasteiger partial charge is 0.257 e. The number of furan rings is 1. The number of nitrogens with one attached hydrogen (secondary N) is 2. The molecular weight excluding hydrogens is 434 g/mol. The van der Waals surface area contributed by atoms with Crippen molar-refractivity contribution in [1.29, 1.82) is 0 Å². The lowest BCUT2D eigenvalue weighted by Crippen LogP contribution is -2.39. The monoisotopic (exact) mass is 459 g/mol. The molecule has 32 heavy (non-hydrogen) atoms. The van der Waals surface area contributed by atoms with Crippen LogP contribution < -0.4 is 26.2 Å². The zero-order valence-electron chi connectivity index (χ0n) is 18.8. The van der Waals surface area contributed by atoms with Crippen LogP contribution in [-0.4, -0.2) is 32.0 Å². The number of hydrogen-bond acceptors (Lipinski definition) is 7. The van der Waals surface area contributed by atoms with E-state index < -0.39 is 16.9 Å². The summed E-state index contributed by atoms with van der Waals surface area (Å²) >= 11 is 6.01. The third-order valence-corrected chi connectivity index (χ3v) is 5.25. The number of ether oxygens (including phenoxy) is 1. The number of para-hydroxylation sites is 1. The van der Waals surface area contributed by atoms with Crippen molar-refractivity contribution in [3.8, 4) is 5.75 Å². The van der Waals surface area contributed by atoms with Crippen LogP contribution in [0.4, 0.5) is 17.1 Å². The maximum absolute atomic E-state index is 12.5. The van der Waals surface area contributed by atoms with Crippen LogP contribution in [0, 0.1) is 5.41 Å². The van der Waals surface area contributed by atoms with Crippen molar-refractivity contribution in [2.24, 2.45) is 5.41 Å². The number of carbonyl (C=O) groups is 1. The van der Waals surface area contributed by atoms with Crippen molar-refractivity contribution in [3.05, 3.63) is 67.3 Å². The summed E-state index contributed by atoms with van der Waals surface area (Å²) in [4.78, 5) is 38.7. The number of anilines is 3. The topological polar surface area (TPSA) is 101 Å². The Morgan fingerprint density at radius 2 is 1.81 bits per heavy atom. The van der Waals surface area contributed by atoms with Gasteiger partial charge in [0.25, 0.3) is 16.8 Å². The van der Waals surface area contributed by atoms with Gasteiger partial charge in [-0.2, -0.15) is 0 Å². The minimum atomic E-state index is -0.663. The zero-order chi connectivity index (χ0) is 23.8. The highest BCUT2D eigenvalue weighted by Crippen LogP contribution is 2.39. The number of hydrogen-bond donors (Lipinski definition) is 2. The van der Waals surface area contributed by atoms with E-state index in [1.165, 1.54) is 18.3 Å². The van der Waals surface area contributed by atoms with E-state index in [9.17, 15) is 14.4 Å². The van der Waals surface area contributed by atoms with Gasteiger partial charge in [-0.3, -0.25) is 14.4 Å². The normalized spacial score (nSPS) is 12.5. The van der Waals surface area contributed by atoms with Crippen LogP contribution in [0.3, 0.4) is 0 Å². The van der Waals surface area contributed by atoms with Gasteiger partial charge in [-0.05, 0) is 17.5 Å². The lowest BCUT2D eigenvalue weighted by Gasteiger charge is -2.31. The molecule has 0 saturated heterocycles. The average molecular weight is 460 g/mol. The third kappa shape index (κ3) is 4.36. The second kappa shape index (κ2) is 8.70. The molecule has 0 spiro atoms. The molecule has 0 aliphatic rings. The van der Waals surface area contributed by atoms with E-state index in [1.807, 2.05) is 20.8 Å². The lowest BCUT2D eigenvalue weighted by molar-refractivity contribution is 0.0824. The number of halogens is 1. The lowest BCUT2D eigenvalue weighted by atomic mass is 9.84. The molecule has 170 valence electrons. The molecule has 2 aromatic carbocycles. The molecule has 1 amide bonds. The molecule has 0 aliphatic carbocycles. The molecule has 9 heteroatoms. The molecule has 2 N–H and O–H groups in total. The van der Waals surface area contributed by atoms with E-state index >= 15 is 0 Å². The molecule has 0 unspecified atom stereocenters. The van der Waals surface area contributed by atoms with Crippen LogP contribution in [0.1, 0.15) is 42.9 Å². The van der Waals surface area contributed by atoms with E-state index in [0.717, 1.165) is 0 Å². The largest absolute Gasteiger partial charge is 0.494 e. The van der Waals surface area contributed by atoms with Crippen LogP contribution in [0.5, 0.6) is 5.75 Å². The Bertz CT molecular complexity index is 1220. The van der Waals surface area contributed by atoms with Crippen LogP contribution in [0.25, 0.3) is 0 Å². The van der Waals surface area contributed by atoms with Crippen molar-refractivity contribution in [1.82, 2.24) is 4.90 Å². The predicted octanol–water partition coefficient (Wildman–Crippen LogP) is 4.18. The maximum atomic E-state index is 12.5. The second-order valence-electron chi connectivity index (χ2n) is 8.73. The number of benzene rings is 1. The van der Waals surface area contributed by atoms with Crippen LogP contribution in [0.15, 0.2) is 44.5 Å². The second-order valence-corrected chi connectivity index (χ2v) is 9.17. The Balaban J connectivity index is 1.99. The molecule has 3 aromatic rings. The fourth-order valence-corrected chi connectivity index (χ4v) is 3.54. The fourth-order valence-electron chi connectivity index (χ4n) is 3.39. The molecule has 3 rings (SSSR count). The SMILES string of the molecule is COc1c(Nc2c(N[C@@H](c3cc(Cl)co3)C(C)(C)C)c(=O)c2=O)cccc1C(=O)N(C)C. The highest BCUT2D eigenvalue weighted by atomic mass is 35.5. The first-order valence-corrected chi connectivity index (χ1v) is 10.3. The van der Waals surface area contributed by atoms with Gasteiger partial charge in [0.2, 0.25) is 0 Å². The first kappa shape index (κ1) is 23.4. The predicted molar refractivity (Wildman–Crippen MR) is 125 cm³/mol. The maximum Gasteiger partial charge on any atom is 0.257 e. The summed E-state index contributed by atoms with van der Waals surface area (Å²) in [5, 5.41) is 6.55. The van der Waals surface area contributed by atoms with Gasteiger partial charge in [0, 0.05) is 20.2 Å². The van der Waals surface area contributed by atoms with E-state index in [0.29, 0.717) is 22.0 Å². The summed E-state index contributed by atoms with van der Waals surface area (Å²) in [6, 6.07) is 6.21. The average Bonchev–Trinajstić information content (AvgIpc) is 3.16. The van der Waals surface area contributed by atoms with Gasteiger partial charge >= 0.3 is 0 Å². The number of carbonyl (C=O) groups excluding carboxylic acids is 1. The number of nitrogens with zero attached hydrogens (tertiary/aromatic N) is 1. The van der Waals surface area contributed by atoms with Crippen molar-refractivity contribution in [2.75, 3.05) is 31.8 Å². The molecule has 0 saturated carbocycles. The van der Waals surface area contributed by atoms with Gasteiger partial charge in [0.1, 0.15) is 23.4 Å². The zero-order valence-corrected chi connectivity index (χ0v) is 19.6. The number of amides is 1. The Hall–Kier alpha value is -3.26. The van der Waals surface area contributed by atoms with Crippen LogP contribution in [0.2, 0.25) is 5.02 Å². The van der Waals surface area contributed by atoms with Crippen molar-refractivity contribution in [2.45, 2.75) is 26.8 Å². The van der Waals surface area contributed by atoms with Gasteiger partial charge in [0.15, 0.2) is 5.75 Å². The first-order valence-electron chi connectivity index (χ1n) is 9.95. The fraction of sp³-hybridized carbons (Fsp3) is 0.348. The summed E-state index contributed by atoms with van der Waals surface area (Å²) in [6.45, 7) is 5.91. The van der Waals surface area contributed by atoms with Crippen molar-refractivity contribution >= 4 is 34.6 Å². The van der Waals surface area contributed by atoms with Crippen molar-refractivity contribution < 1.29 is 13.9 Å².